The number of carbonyl (C=O) groups excluding carboxylic acids is 4. The zero-order valence-corrected chi connectivity index (χ0v) is 21.5. The molecule has 1 aliphatic rings. The van der Waals surface area contributed by atoms with Crippen LogP contribution in [0.15, 0.2) is 12.2 Å². The molecule has 0 aromatic rings. The number of ether oxygens (including phenoxy) is 1. The number of carboxylic acids is 1. The summed E-state index contributed by atoms with van der Waals surface area (Å²) >= 11 is 0. The Morgan fingerprint density at radius 2 is 1.79 bits per heavy atom. The van der Waals surface area contributed by atoms with Gasteiger partial charge < -0.3 is 26.2 Å². The maximum atomic E-state index is 12.8. The minimum atomic E-state index is -1.23. The summed E-state index contributed by atoms with van der Waals surface area (Å²) in [7, 11) is 2.95. The molecular weight excluding hydrogens is 484 g/mol. The summed E-state index contributed by atoms with van der Waals surface area (Å²) in [6.45, 7) is 7.84. The van der Waals surface area contributed by atoms with Crippen LogP contribution in [-0.2, 0) is 28.7 Å². The number of amides is 4. The van der Waals surface area contributed by atoms with Gasteiger partial charge in [-0.1, -0.05) is 42.4 Å². The Bertz CT molecular complexity index is 768. The predicted octanol–water partition coefficient (Wildman–Crippen LogP) is 0.290. The molecule has 3 unspecified atom stereocenters. The van der Waals surface area contributed by atoms with Crippen molar-refractivity contribution in [2.75, 3.05) is 25.4 Å². The minimum Gasteiger partial charge on any atom is -0.481 e. The van der Waals surface area contributed by atoms with Crippen molar-refractivity contribution in [2.24, 2.45) is 5.73 Å². The van der Waals surface area contributed by atoms with E-state index in [1.54, 1.807) is 17.7 Å². The lowest BCUT2D eigenvalue weighted by molar-refractivity contribution is -0.145. The van der Waals surface area contributed by atoms with Crippen LogP contribution in [0.3, 0.4) is 0 Å². The number of nitrogens with one attached hydrogen (secondary N) is 2. The van der Waals surface area contributed by atoms with Gasteiger partial charge in [-0.05, 0) is 13.3 Å². The van der Waals surface area contributed by atoms with Crippen LogP contribution < -0.4 is 16.4 Å². The zero-order valence-electron chi connectivity index (χ0n) is 19.9. The second-order valence-corrected chi connectivity index (χ2v) is 11.7. The van der Waals surface area contributed by atoms with Gasteiger partial charge in [-0.15, -0.1) is 0 Å². The van der Waals surface area contributed by atoms with E-state index >= 15 is 0 Å². The first kappa shape index (κ1) is 29.9. The quantitative estimate of drug-likeness (QED) is 0.134. The number of nitrogens with two attached hydrogens (primary N) is 1. The molecule has 0 fully saturated rings. The highest BCUT2D eigenvalue weighted by atomic mass is 33.1. The SMILES string of the molecule is CC(CCC(=O)O)OCCNC(=O)C(CSSC(C)(C)C)NC(=O)C(CN)N1C(=O)C=CC1=O. The van der Waals surface area contributed by atoms with Crippen molar-refractivity contribution in [3.63, 3.8) is 0 Å². The zero-order chi connectivity index (χ0) is 25.9. The highest BCUT2D eigenvalue weighted by Gasteiger charge is 2.36. The number of nitrogens with zero attached hydrogens (tertiary/aromatic N) is 1. The van der Waals surface area contributed by atoms with E-state index in [0.29, 0.717) is 6.42 Å². The van der Waals surface area contributed by atoms with Crippen molar-refractivity contribution in [1.29, 1.82) is 0 Å². The van der Waals surface area contributed by atoms with Gasteiger partial charge in [0, 0.05) is 42.2 Å². The van der Waals surface area contributed by atoms with Crippen molar-refractivity contribution in [1.82, 2.24) is 15.5 Å². The Balaban J connectivity index is 2.71. The molecule has 1 rings (SSSR count). The molecule has 1 aliphatic heterocycles. The molecule has 5 N–H and O–H groups in total. The number of imide groups is 1. The first-order valence-electron chi connectivity index (χ1n) is 10.8. The van der Waals surface area contributed by atoms with Gasteiger partial charge in [0.2, 0.25) is 11.8 Å². The Morgan fingerprint density at radius 3 is 2.32 bits per heavy atom. The Morgan fingerprint density at radius 1 is 1.18 bits per heavy atom. The number of hydrogen-bond donors (Lipinski definition) is 4. The van der Waals surface area contributed by atoms with Crippen molar-refractivity contribution in [2.45, 2.75) is 63.5 Å². The number of rotatable bonds is 15. The fraction of sp³-hybridized carbons (Fsp3) is 0.667. The van der Waals surface area contributed by atoms with E-state index in [1.165, 1.54) is 10.8 Å². The van der Waals surface area contributed by atoms with Crippen molar-refractivity contribution >= 4 is 51.2 Å². The van der Waals surface area contributed by atoms with Crippen molar-refractivity contribution in [3.8, 4) is 0 Å². The molecular formula is C21H34N4O7S2. The molecule has 4 amide bonds. The average Bonchev–Trinajstić information content (AvgIpc) is 3.07. The monoisotopic (exact) mass is 518 g/mol. The number of aliphatic carboxylic acids is 1. The smallest absolute Gasteiger partial charge is 0.303 e. The molecule has 0 radical (unpaired) electrons. The van der Waals surface area contributed by atoms with E-state index in [9.17, 15) is 24.0 Å². The van der Waals surface area contributed by atoms with Gasteiger partial charge in [0.15, 0.2) is 0 Å². The summed E-state index contributed by atoms with van der Waals surface area (Å²) in [5.74, 6) is -3.09. The fourth-order valence-corrected chi connectivity index (χ4v) is 5.21. The Labute approximate surface area is 207 Å². The van der Waals surface area contributed by atoms with Crippen LogP contribution >= 0.6 is 21.6 Å². The van der Waals surface area contributed by atoms with Crippen LogP contribution in [0.25, 0.3) is 0 Å². The predicted molar refractivity (Wildman–Crippen MR) is 131 cm³/mol. The number of carboxylic acid groups (broad SMARTS) is 1. The van der Waals surface area contributed by atoms with Crippen molar-refractivity contribution < 1.29 is 33.8 Å². The molecule has 0 aliphatic carbocycles. The van der Waals surface area contributed by atoms with Crippen LogP contribution in [0.5, 0.6) is 0 Å². The second kappa shape index (κ2) is 14.3. The van der Waals surface area contributed by atoms with E-state index < -0.39 is 41.7 Å². The molecule has 0 spiro atoms. The van der Waals surface area contributed by atoms with E-state index in [-0.39, 0.29) is 42.7 Å². The summed E-state index contributed by atoms with van der Waals surface area (Å²) in [6, 6.07) is -2.17. The van der Waals surface area contributed by atoms with Gasteiger partial charge >= 0.3 is 5.97 Å². The van der Waals surface area contributed by atoms with Gasteiger partial charge in [0.1, 0.15) is 12.1 Å². The number of carbonyl (C=O) groups is 5. The summed E-state index contributed by atoms with van der Waals surface area (Å²) in [5, 5.41) is 14.0. The maximum Gasteiger partial charge on any atom is 0.303 e. The summed E-state index contributed by atoms with van der Waals surface area (Å²) < 4.78 is 5.42. The van der Waals surface area contributed by atoms with Crippen LogP contribution in [0.1, 0.15) is 40.5 Å². The second-order valence-electron chi connectivity index (χ2n) is 8.58. The normalized spacial score (nSPS) is 16.3. The molecule has 34 heavy (non-hydrogen) atoms. The lowest BCUT2D eigenvalue weighted by Crippen LogP contribution is -2.58. The lowest BCUT2D eigenvalue weighted by atomic mass is 10.2. The third-order valence-electron chi connectivity index (χ3n) is 4.43. The molecule has 11 nitrogen and oxygen atoms in total. The van der Waals surface area contributed by atoms with Gasteiger partial charge in [0.25, 0.3) is 11.8 Å². The third-order valence-corrected chi connectivity index (χ3v) is 7.78. The van der Waals surface area contributed by atoms with Crippen LogP contribution in [0.2, 0.25) is 0 Å². The first-order chi connectivity index (χ1) is 15.9. The molecule has 0 saturated carbocycles. The van der Waals surface area contributed by atoms with Crippen LogP contribution in [0.4, 0.5) is 0 Å². The summed E-state index contributed by atoms with van der Waals surface area (Å²) in [5.41, 5.74) is 5.66. The first-order valence-corrected chi connectivity index (χ1v) is 13.1. The van der Waals surface area contributed by atoms with E-state index in [1.807, 2.05) is 20.8 Å². The van der Waals surface area contributed by atoms with Gasteiger partial charge in [-0.2, -0.15) is 0 Å². The minimum absolute atomic E-state index is 0.00977. The highest BCUT2D eigenvalue weighted by molar-refractivity contribution is 8.77. The Kier molecular flexibility index (Phi) is 12.6. The largest absolute Gasteiger partial charge is 0.481 e. The molecule has 0 bridgehead atoms. The number of hydrogen-bond acceptors (Lipinski definition) is 9. The topological polar surface area (TPSA) is 168 Å². The molecule has 3 atom stereocenters. The van der Waals surface area contributed by atoms with E-state index in [0.717, 1.165) is 17.1 Å². The third kappa shape index (κ3) is 10.9. The standard InChI is InChI=1S/C21H34N4O7S2/c1-13(5-8-18(28)29)32-10-9-23-19(30)14(12-33-34-21(2,3)4)24-20(31)15(11-22)25-16(26)6-7-17(25)27/h6-7,13-15H,5,8-12,22H2,1-4H3,(H,23,30)(H,24,31)(H,28,29). The van der Waals surface area contributed by atoms with Crippen molar-refractivity contribution in [3.05, 3.63) is 12.2 Å². The highest BCUT2D eigenvalue weighted by Crippen LogP contribution is 2.35. The van der Waals surface area contributed by atoms with Crippen LogP contribution in [-0.4, -0.2) is 88.0 Å². The average molecular weight is 519 g/mol. The molecule has 0 aromatic carbocycles. The van der Waals surface area contributed by atoms with Gasteiger partial charge in [-0.3, -0.25) is 28.9 Å². The van der Waals surface area contributed by atoms with Gasteiger partial charge in [0.05, 0.1) is 12.7 Å². The molecule has 192 valence electrons. The molecule has 0 saturated heterocycles. The summed E-state index contributed by atoms with van der Waals surface area (Å²) in [4.78, 5) is 60.9. The molecule has 0 aromatic heterocycles. The van der Waals surface area contributed by atoms with Gasteiger partial charge in [-0.25, -0.2) is 0 Å². The van der Waals surface area contributed by atoms with Crippen LogP contribution in [0, 0.1) is 0 Å². The molecule has 1 heterocycles. The van der Waals surface area contributed by atoms with E-state index in [4.69, 9.17) is 15.6 Å². The lowest BCUT2D eigenvalue weighted by Gasteiger charge is -2.27. The van der Waals surface area contributed by atoms with E-state index in [2.05, 4.69) is 10.6 Å². The summed E-state index contributed by atoms with van der Waals surface area (Å²) in [6.07, 6.45) is 2.19. The Hall–Kier alpha value is -2.09. The molecule has 13 heteroatoms. The fourth-order valence-electron chi connectivity index (χ4n) is 2.75. The maximum absolute atomic E-state index is 12.8.